The van der Waals surface area contributed by atoms with Gasteiger partial charge in [0.05, 0.1) is 0 Å². The van der Waals surface area contributed by atoms with Crippen LogP contribution in [0.2, 0.25) is 18.1 Å². The fourth-order valence-electron chi connectivity index (χ4n) is 1.81. The zero-order chi connectivity index (χ0) is 9.45. The Kier molecular flexibility index (Phi) is 6.77. The largest absolute Gasteiger partial charge is 0.432 e. The van der Waals surface area contributed by atoms with Gasteiger partial charge in [-0.3, -0.25) is 0 Å². The van der Waals surface area contributed by atoms with Crippen molar-refractivity contribution in [1.82, 2.24) is 0 Å². The Morgan fingerprint density at radius 3 is 1.67 bits per heavy atom. The van der Waals surface area contributed by atoms with Gasteiger partial charge < -0.3 is 4.80 Å². The molecule has 0 spiro atoms. The molecule has 0 aromatic rings. The molecule has 12 heavy (non-hydrogen) atoms. The van der Waals surface area contributed by atoms with Crippen LogP contribution in [0.5, 0.6) is 0 Å². The monoisotopic (exact) mass is 188 g/mol. The average molecular weight is 188 g/mol. The van der Waals surface area contributed by atoms with Crippen LogP contribution in [0.25, 0.3) is 0 Å². The van der Waals surface area contributed by atoms with E-state index in [1.165, 1.54) is 12.8 Å². The van der Waals surface area contributed by atoms with Gasteiger partial charge >= 0.3 is 0 Å². The zero-order valence-corrected chi connectivity index (χ0v) is 9.90. The van der Waals surface area contributed by atoms with Crippen molar-refractivity contribution in [1.29, 1.82) is 0 Å². The van der Waals surface area contributed by atoms with Gasteiger partial charge in [-0.25, -0.2) is 0 Å². The molecule has 0 aliphatic heterocycles. The molecule has 0 radical (unpaired) electrons. The molecule has 0 aliphatic rings. The van der Waals surface area contributed by atoms with Crippen molar-refractivity contribution < 1.29 is 4.80 Å². The molecule has 0 amide bonds. The summed E-state index contributed by atoms with van der Waals surface area (Å²) in [5, 5.41) is 0. The van der Waals surface area contributed by atoms with Gasteiger partial charge in [-0.2, -0.15) is 0 Å². The lowest BCUT2D eigenvalue weighted by atomic mass is 10.4. The second-order valence-electron chi connectivity index (χ2n) is 3.83. The second-order valence-corrected chi connectivity index (χ2v) is 7.78. The van der Waals surface area contributed by atoms with Gasteiger partial charge in [0.2, 0.25) is 0 Å². The maximum absolute atomic E-state index is 10.3. The number of hydrogen-bond donors (Lipinski definition) is 1. The van der Waals surface area contributed by atoms with E-state index in [-0.39, 0.29) is 0 Å². The summed E-state index contributed by atoms with van der Waals surface area (Å²) in [5.41, 5.74) is 0. The molecule has 0 bridgehead atoms. The Labute approximate surface area is 78.3 Å². The Morgan fingerprint density at radius 1 is 0.833 bits per heavy atom. The topological polar surface area (TPSA) is 20.2 Å². The zero-order valence-electron chi connectivity index (χ0n) is 8.90. The van der Waals surface area contributed by atoms with E-state index in [1.54, 1.807) is 0 Å². The molecular weight excluding hydrogens is 164 g/mol. The quantitative estimate of drug-likeness (QED) is 0.606. The molecule has 0 saturated carbocycles. The van der Waals surface area contributed by atoms with E-state index in [0.29, 0.717) is 0 Å². The maximum atomic E-state index is 10.3. The van der Waals surface area contributed by atoms with Crippen molar-refractivity contribution in [3.63, 3.8) is 0 Å². The highest BCUT2D eigenvalue weighted by atomic mass is 28.4. The summed E-state index contributed by atoms with van der Waals surface area (Å²) >= 11 is 0. The van der Waals surface area contributed by atoms with Crippen LogP contribution < -0.4 is 0 Å². The van der Waals surface area contributed by atoms with Gasteiger partial charge in [0.25, 0.3) is 0 Å². The molecule has 0 rings (SSSR count). The van der Waals surface area contributed by atoms with Crippen LogP contribution in [-0.4, -0.2) is 13.1 Å². The fourth-order valence-corrected chi connectivity index (χ4v) is 5.43. The van der Waals surface area contributed by atoms with Crippen molar-refractivity contribution >= 4 is 8.32 Å². The second kappa shape index (κ2) is 6.67. The fraction of sp³-hybridized carbons (Fsp3) is 1.00. The maximum Gasteiger partial charge on any atom is 0.188 e. The van der Waals surface area contributed by atoms with Crippen LogP contribution in [0.15, 0.2) is 0 Å². The Bertz CT molecular complexity index is 98.0. The summed E-state index contributed by atoms with van der Waals surface area (Å²) in [7, 11) is -1.77. The smallest absolute Gasteiger partial charge is 0.188 e. The van der Waals surface area contributed by atoms with E-state index in [2.05, 4.69) is 20.8 Å². The molecule has 0 aromatic heterocycles. The summed E-state index contributed by atoms with van der Waals surface area (Å²) in [4.78, 5) is 10.3. The molecule has 74 valence electrons. The van der Waals surface area contributed by atoms with Crippen molar-refractivity contribution in [2.75, 3.05) is 0 Å². The molecule has 0 unspecified atom stereocenters. The molecule has 1 nitrogen and oxygen atoms in total. The molecule has 0 aromatic carbocycles. The van der Waals surface area contributed by atoms with Gasteiger partial charge in [0.15, 0.2) is 8.32 Å². The van der Waals surface area contributed by atoms with Crippen molar-refractivity contribution in [2.24, 2.45) is 0 Å². The lowest BCUT2D eigenvalue weighted by Gasteiger charge is -2.23. The summed E-state index contributed by atoms with van der Waals surface area (Å²) < 4.78 is 0. The molecular formula is C10H24OSi. The predicted octanol–water partition coefficient (Wildman–Crippen LogP) is 3.54. The number of unbranched alkanes of at least 4 members (excludes halogenated alkanes) is 1. The summed E-state index contributed by atoms with van der Waals surface area (Å²) in [5.74, 6) is 0. The van der Waals surface area contributed by atoms with E-state index >= 15 is 0 Å². The first-order chi connectivity index (χ1) is 5.68. The van der Waals surface area contributed by atoms with E-state index < -0.39 is 8.32 Å². The molecule has 0 fully saturated rings. The normalized spacial score (nSPS) is 12.0. The highest BCUT2D eigenvalue weighted by molar-refractivity contribution is 6.72. The third-order valence-corrected chi connectivity index (χ3v) is 6.57. The summed E-state index contributed by atoms with van der Waals surface area (Å²) in [6.07, 6.45) is 4.77. The van der Waals surface area contributed by atoms with Crippen molar-refractivity contribution in [3.8, 4) is 0 Å². The molecule has 1 N–H and O–H groups in total. The van der Waals surface area contributed by atoms with E-state index in [4.69, 9.17) is 0 Å². The van der Waals surface area contributed by atoms with Crippen LogP contribution >= 0.6 is 0 Å². The first-order valence-corrected chi connectivity index (χ1v) is 7.97. The molecule has 0 atom stereocenters. The van der Waals surface area contributed by atoms with Crippen LogP contribution in [0.1, 0.15) is 46.5 Å². The van der Waals surface area contributed by atoms with Crippen LogP contribution in [0, 0.1) is 0 Å². The Hall–Kier alpha value is 0.177. The Balaban J connectivity index is 3.80. The molecule has 0 heterocycles. The van der Waals surface area contributed by atoms with Crippen molar-refractivity contribution in [3.05, 3.63) is 0 Å². The SMILES string of the molecule is CCCC[Si](O)(CCC)CCC. The van der Waals surface area contributed by atoms with E-state index in [0.717, 1.165) is 31.0 Å². The predicted molar refractivity (Wildman–Crippen MR) is 57.9 cm³/mol. The van der Waals surface area contributed by atoms with Gasteiger partial charge in [-0.1, -0.05) is 46.5 Å². The van der Waals surface area contributed by atoms with Gasteiger partial charge in [-0.05, 0) is 18.1 Å². The van der Waals surface area contributed by atoms with E-state index in [9.17, 15) is 4.80 Å². The molecule has 2 heteroatoms. The lowest BCUT2D eigenvalue weighted by Crippen LogP contribution is -2.33. The summed E-state index contributed by atoms with van der Waals surface area (Å²) in [6, 6.07) is 3.35. The first kappa shape index (κ1) is 12.2. The van der Waals surface area contributed by atoms with Gasteiger partial charge in [0, 0.05) is 0 Å². The highest BCUT2D eigenvalue weighted by Crippen LogP contribution is 2.23. The van der Waals surface area contributed by atoms with E-state index in [1.807, 2.05) is 0 Å². The van der Waals surface area contributed by atoms with Gasteiger partial charge in [0.1, 0.15) is 0 Å². The minimum Gasteiger partial charge on any atom is -0.432 e. The summed E-state index contributed by atoms with van der Waals surface area (Å²) in [6.45, 7) is 6.56. The molecule has 0 aliphatic carbocycles. The van der Waals surface area contributed by atoms with Crippen LogP contribution in [-0.2, 0) is 0 Å². The van der Waals surface area contributed by atoms with Crippen LogP contribution in [0.3, 0.4) is 0 Å². The minimum atomic E-state index is -1.77. The number of hydrogen-bond acceptors (Lipinski definition) is 1. The minimum absolute atomic E-state index is 1.11. The molecule has 0 saturated heterocycles. The van der Waals surface area contributed by atoms with Gasteiger partial charge in [-0.15, -0.1) is 0 Å². The first-order valence-electron chi connectivity index (χ1n) is 5.41. The standard InChI is InChI=1S/C10H24OSi/c1-4-7-10-12(11,8-5-2)9-6-3/h11H,4-10H2,1-3H3. The number of rotatable bonds is 7. The highest BCUT2D eigenvalue weighted by Gasteiger charge is 2.27. The lowest BCUT2D eigenvalue weighted by molar-refractivity contribution is 0.513. The third kappa shape index (κ3) is 4.94. The van der Waals surface area contributed by atoms with Crippen LogP contribution in [0.4, 0.5) is 0 Å². The Morgan fingerprint density at radius 2 is 1.33 bits per heavy atom. The third-order valence-electron chi connectivity index (χ3n) is 2.43. The van der Waals surface area contributed by atoms with Crippen molar-refractivity contribution in [2.45, 2.75) is 64.6 Å². The average Bonchev–Trinajstić information content (AvgIpc) is 2.02.